The maximum atomic E-state index is 12.2. The standard InChI is InChI=1S/C21H24N8O/c1-2-23-20(30)28-10-14-7-21(4-5-22,8-15(14)11-28)29-12-16(9-27-29)18-17-3-6-24-19(17)26-13-25-18/h3,6,9,12-15H,2,4,7-8,10-11H2,1H3,(H,23,30)(H,24,25,26)/t14-,15+,21-. The van der Waals surface area contributed by atoms with E-state index < -0.39 is 0 Å². The maximum Gasteiger partial charge on any atom is 0.317 e. The van der Waals surface area contributed by atoms with Gasteiger partial charge in [-0.3, -0.25) is 4.68 Å². The number of carbonyl (C=O) groups excluding carboxylic acids is 1. The van der Waals surface area contributed by atoms with E-state index in [0.29, 0.717) is 24.8 Å². The Morgan fingerprint density at radius 3 is 2.90 bits per heavy atom. The van der Waals surface area contributed by atoms with Gasteiger partial charge in [-0.05, 0) is 37.7 Å². The molecule has 2 amide bonds. The van der Waals surface area contributed by atoms with Crippen molar-refractivity contribution in [3.8, 4) is 17.3 Å². The SMILES string of the molecule is CCNC(=O)N1C[C@@H]2C[C@](CC#N)(n3cc(-c4ncnc5[nH]ccc45)cn3)C[C@@H]2C1. The molecule has 4 heterocycles. The predicted molar refractivity (Wildman–Crippen MR) is 110 cm³/mol. The summed E-state index contributed by atoms with van der Waals surface area (Å²) in [5.41, 5.74) is 2.21. The van der Waals surface area contributed by atoms with Crippen LogP contribution in [0.2, 0.25) is 0 Å². The molecule has 3 atom stereocenters. The molecule has 1 aliphatic heterocycles. The first-order chi connectivity index (χ1) is 14.6. The number of H-pyrrole nitrogens is 1. The van der Waals surface area contributed by atoms with E-state index in [4.69, 9.17) is 0 Å². The first-order valence-electron chi connectivity index (χ1n) is 10.4. The summed E-state index contributed by atoms with van der Waals surface area (Å²) in [5, 5.41) is 18.1. The number of carbonyl (C=O) groups is 1. The number of likely N-dealkylation sites (tertiary alicyclic amines) is 1. The Morgan fingerprint density at radius 1 is 1.37 bits per heavy atom. The number of fused-ring (bicyclic) bond motifs is 2. The average Bonchev–Trinajstić information content (AvgIpc) is 3.50. The number of amides is 2. The Kier molecular flexibility index (Phi) is 4.42. The van der Waals surface area contributed by atoms with Crippen LogP contribution in [0.25, 0.3) is 22.3 Å². The number of hydrogen-bond acceptors (Lipinski definition) is 5. The van der Waals surface area contributed by atoms with Crippen molar-refractivity contribution in [2.24, 2.45) is 11.8 Å². The van der Waals surface area contributed by atoms with E-state index >= 15 is 0 Å². The highest BCUT2D eigenvalue weighted by Gasteiger charge is 2.51. The molecule has 0 aromatic carbocycles. The number of urea groups is 1. The van der Waals surface area contributed by atoms with Gasteiger partial charge in [0, 0.05) is 43.0 Å². The molecular formula is C21H24N8O. The van der Waals surface area contributed by atoms with E-state index in [9.17, 15) is 10.1 Å². The van der Waals surface area contributed by atoms with Gasteiger partial charge in [0.2, 0.25) is 0 Å². The van der Waals surface area contributed by atoms with Gasteiger partial charge < -0.3 is 15.2 Å². The number of rotatable bonds is 4. The second kappa shape index (κ2) is 7.13. The van der Waals surface area contributed by atoms with Gasteiger partial charge in [0.25, 0.3) is 0 Å². The van der Waals surface area contributed by atoms with Gasteiger partial charge in [0.15, 0.2) is 0 Å². The van der Waals surface area contributed by atoms with Crippen LogP contribution >= 0.6 is 0 Å². The molecule has 3 aromatic heterocycles. The summed E-state index contributed by atoms with van der Waals surface area (Å²) < 4.78 is 1.97. The second-order valence-electron chi connectivity index (χ2n) is 8.36. The van der Waals surface area contributed by atoms with E-state index in [0.717, 1.165) is 48.2 Å². The van der Waals surface area contributed by atoms with Crippen LogP contribution in [-0.4, -0.2) is 55.3 Å². The van der Waals surface area contributed by atoms with Crippen LogP contribution in [0.15, 0.2) is 31.0 Å². The molecule has 0 radical (unpaired) electrons. The largest absolute Gasteiger partial charge is 0.346 e. The first kappa shape index (κ1) is 18.6. The van der Waals surface area contributed by atoms with E-state index in [1.807, 2.05) is 41.2 Å². The number of aromatic amines is 1. The summed E-state index contributed by atoms with van der Waals surface area (Å²) in [6.07, 6.45) is 9.34. The lowest BCUT2D eigenvalue weighted by Gasteiger charge is -2.29. The van der Waals surface area contributed by atoms with Crippen molar-refractivity contribution in [2.45, 2.75) is 31.7 Å². The normalized spacial score (nSPS) is 25.4. The molecule has 1 saturated carbocycles. The molecule has 5 rings (SSSR count). The molecule has 1 saturated heterocycles. The zero-order valence-electron chi connectivity index (χ0n) is 16.9. The lowest BCUT2D eigenvalue weighted by atomic mass is 9.92. The summed E-state index contributed by atoms with van der Waals surface area (Å²) in [5.74, 6) is 0.785. The van der Waals surface area contributed by atoms with Crippen molar-refractivity contribution in [2.75, 3.05) is 19.6 Å². The molecule has 30 heavy (non-hydrogen) atoms. The van der Waals surface area contributed by atoms with Crippen LogP contribution in [0.3, 0.4) is 0 Å². The summed E-state index contributed by atoms with van der Waals surface area (Å²) in [4.78, 5) is 25.9. The van der Waals surface area contributed by atoms with Crippen molar-refractivity contribution in [3.63, 3.8) is 0 Å². The van der Waals surface area contributed by atoms with Crippen molar-refractivity contribution < 1.29 is 4.79 Å². The summed E-state index contributed by atoms with van der Waals surface area (Å²) >= 11 is 0. The van der Waals surface area contributed by atoms with Crippen LogP contribution < -0.4 is 5.32 Å². The number of nitrogens with one attached hydrogen (secondary N) is 2. The van der Waals surface area contributed by atoms with Gasteiger partial charge in [0.05, 0.1) is 29.9 Å². The van der Waals surface area contributed by atoms with Crippen LogP contribution in [-0.2, 0) is 5.54 Å². The monoisotopic (exact) mass is 404 g/mol. The van der Waals surface area contributed by atoms with Gasteiger partial charge in [-0.1, -0.05) is 0 Å². The Morgan fingerprint density at radius 2 is 2.17 bits per heavy atom. The third kappa shape index (κ3) is 2.91. The Bertz CT molecular complexity index is 1110. The van der Waals surface area contributed by atoms with E-state index in [1.54, 1.807) is 6.33 Å². The minimum absolute atomic E-state index is 0.0124. The first-order valence-corrected chi connectivity index (χ1v) is 10.4. The third-order valence-electron chi connectivity index (χ3n) is 6.58. The van der Waals surface area contributed by atoms with Crippen LogP contribution in [0.1, 0.15) is 26.2 Å². The number of nitrogens with zero attached hydrogens (tertiary/aromatic N) is 6. The average molecular weight is 404 g/mol. The molecule has 2 aliphatic rings. The van der Waals surface area contributed by atoms with Gasteiger partial charge in [0.1, 0.15) is 12.0 Å². The quantitative estimate of drug-likeness (QED) is 0.693. The smallest absolute Gasteiger partial charge is 0.317 e. The van der Waals surface area contributed by atoms with Gasteiger partial charge in [-0.15, -0.1) is 0 Å². The molecule has 2 N–H and O–H groups in total. The molecule has 9 nitrogen and oxygen atoms in total. The molecule has 1 aliphatic carbocycles. The summed E-state index contributed by atoms with van der Waals surface area (Å²) in [7, 11) is 0. The highest BCUT2D eigenvalue weighted by atomic mass is 16.2. The molecule has 154 valence electrons. The highest BCUT2D eigenvalue weighted by molar-refractivity contribution is 5.90. The molecule has 3 aromatic rings. The Hall–Kier alpha value is -3.41. The van der Waals surface area contributed by atoms with E-state index in [1.165, 1.54) is 0 Å². The van der Waals surface area contributed by atoms with E-state index in [-0.39, 0.29) is 11.6 Å². The van der Waals surface area contributed by atoms with Crippen molar-refractivity contribution >= 4 is 17.1 Å². The Balaban J connectivity index is 1.42. The van der Waals surface area contributed by atoms with Crippen LogP contribution in [0.4, 0.5) is 4.79 Å². The minimum Gasteiger partial charge on any atom is -0.346 e. The molecule has 0 bridgehead atoms. The Labute approximate surface area is 174 Å². The number of hydrogen-bond donors (Lipinski definition) is 2. The lowest BCUT2D eigenvalue weighted by Crippen LogP contribution is -2.40. The third-order valence-corrected chi connectivity index (χ3v) is 6.58. The van der Waals surface area contributed by atoms with Crippen LogP contribution in [0.5, 0.6) is 0 Å². The summed E-state index contributed by atoms with van der Waals surface area (Å²) in [6.45, 7) is 4.05. The molecule has 0 spiro atoms. The summed E-state index contributed by atoms with van der Waals surface area (Å²) in [6, 6.07) is 4.36. The molecular weight excluding hydrogens is 380 g/mol. The van der Waals surface area contributed by atoms with E-state index in [2.05, 4.69) is 31.4 Å². The predicted octanol–water partition coefficient (Wildman–Crippen LogP) is 2.50. The molecule has 2 fully saturated rings. The molecule has 9 heteroatoms. The van der Waals surface area contributed by atoms with Crippen LogP contribution in [0, 0.1) is 23.2 Å². The number of aromatic nitrogens is 5. The molecule has 0 unspecified atom stereocenters. The van der Waals surface area contributed by atoms with Gasteiger partial charge in [-0.25, -0.2) is 14.8 Å². The van der Waals surface area contributed by atoms with Crippen molar-refractivity contribution in [1.82, 2.24) is 34.9 Å². The minimum atomic E-state index is -0.333. The van der Waals surface area contributed by atoms with Gasteiger partial charge >= 0.3 is 6.03 Å². The lowest BCUT2D eigenvalue weighted by molar-refractivity contribution is 0.193. The fraction of sp³-hybridized carbons (Fsp3) is 0.476. The zero-order chi connectivity index (χ0) is 20.7. The topological polar surface area (TPSA) is 116 Å². The highest BCUT2D eigenvalue weighted by Crippen LogP contribution is 2.49. The van der Waals surface area contributed by atoms with Gasteiger partial charge in [-0.2, -0.15) is 10.4 Å². The maximum absolute atomic E-state index is 12.2. The van der Waals surface area contributed by atoms with Crippen molar-refractivity contribution in [1.29, 1.82) is 5.26 Å². The fourth-order valence-electron chi connectivity index (χ4n) is 5.26. The number of nitriles is 1. The second-order valence-corrected chi connectivity index (χ2v) is 8.36. The zero-order valence-corrected chi connectivity index (χ0v) is 16.9. The fourth-order valence-corrected chi connectivity index (χ4v) is 5.26. The van der Waals surface area contributed by atoms with Crippen molar-refractivity contribution in [3.05, 3.63) is 31.0 Å².